The second-order valence-corrected chi connectivity index (χ2v) is 4.31. The van der Waals surface area contributed by atoms with E-state index in [0.29, 0.717) is 0 Å². The number of fused-ring (bicyclic) bond motifs is 1. The van der Waals surface area contributed by atoms with E-state index in [1.54, 1.807) is 11.9 Å². The van der Waals surface area contributed by atoms with E-state index >= 15 is 0 Å². The smallest absolute Gasteiger partial charge is 0.0555 e. The Morgan fingerprint density at radius 1 is 1.69 bits per heavy atom. The van der Waals surface area contributed by atoms with Gasteiger partial charge in [-0.15, -0.1) is 0 Å². The van der Waals surface area contributed by atoms with Gasteiger partial charge in [-0.25, -0.2) is 0 Å². The van der Waals surface area contributed by atoms with Crippen molar-refractivity contribution in [1.29, 1.82) is 0 Å². The van der Waals surface area contributed by atoms with Gasteiger partial charge >= 0.3 is 0 Å². The van der Waals surface area contributed by atoms with Crippen molar-refractivity contribution in [2.75, 3.05) is 6.54 Å². The molecule has 1 aromatic rings. The monoisotopic (exact) mass is 194 g/mol. The van der Waals surface area contributed by atoms with Crippen molar-refractivity contribution in [1.82, 2.24) is 9.71 Å². The van der Waals surface area contributed by atoms with Gasteiger partial charge in [-0.2, -0.15) is 0 Å². The van der Waals surface area contributed by atoms with Gasteiger partial charge in [0.25, 0.3) is 0 Å². The van der Waals surface area contributed by atoms with E-state index in [0.717, 1.165) is 18.9 Å². The van der Waals surface area contributed by atoms with E-state index in [9.17, 15) is 0 Å². The summed E-state index contributed by atoms with van der Waals surface area (Å²) in [5.74, 6) is 0.739. The molecule has 2 heterocycles. The molecule has 0 aromatic carbocycles. The lowest BCUT2D eigenvalue weighted by atomic mass is 10.0. The molecule has 2 nitrogen and oxygen atoms in total. The zero-order chi connectivity index (χ0) is 9.10. The average Bonchev–Trinajstić information content (AvgIpc) is 2.38. The Hall–Kier alpha value is -0.540. The SMILES string of the molecule is CC[C@@H]1CNSc2cccnc2C1. The fraction of sp³-hybridized carbons (Fsp3) is 0.500. The normalized spacial score (nSPS) is 22.1. The molecule has 3 heteroatoms. The highest BCUT2D eigenvalue weighted by Gasteiger charge is 2.15. The second-order valence-electron chi connectivity index (χ2n) is 3.38. The third-order valence-corrected chi connectivity index (χ3v) is 3.36. The van der Waals surface area contributed by atoms with Gasteiger partial charge in [0.05, 0.1) is 5.69 Å². The molecule has 0 saturated heterocycles. The Bertz CT molecular complexity index is 288. The molecule has 0 unspecified atom stereocenters. The minimum atomic E-state index is 0.739. The summed E-state index contributed by atoms with van der Waals surface area (Å²) in [6, 6.07) is 4.14. The van der Waals surface area contributed by atoms with E-state index in [1.807, 2.05) is 12.3 Å². The van der Waals surface area contributed by atoms with E-state index in [2.05, 4.69) is 22.7 Å². The van der Waals surface area contributed by atoms with Gasteiger partial charge < -0.3 is 0 Å². The Labute approximate surface area is 83.3 Å². The first-order valence-electron chi connectivity index (χ1n) is 4.73. The molecular formula is C10H14N2S. The first kappa shape index (κ1) is 9.03. The highest BCUT2D eigenvalue weighted by Crippen LogP contribution is 2.25. The Kier molecular flexibility index (Phi) is 2.86. The van der Waals surface area contributed by atoms with Gasteiger partial charge in [0.1, 0.15) is 0 Å². The molecule has 2 rings (SSSR count). The predicted molar refractivity (Wildman–Crippen MR) is 55.6 cm³/mol. The highest BCUT2D eigenvalue weighted by atomic mass is 32.2. The highest BCUT2D eigenvalue weighted by molar-refractivity contribution is 7.97. The van der Waals surface area contributed by atoms with Crippen LogP contribution in [0.5, 0.6) is 0 Å². The Morgan fingerprint density at radius 3 is 3.46 bits per heavy atom. The van der Waals surface area contributed by atoms with Gasteiger partial charge in [-0.05, 0) is 36.4 Å². The number of pyridine rings is 1. The summed E-state index contributed by atoms with van der Waals surface area (Å²) in [5, 5.41) is 0. The van der Waals surface area contributed by atoms with Crippen LogP contribution in [0.4, 0.5) is 0 Å². The van der Waals surface area contributed by atoms with Crippen molar-refractivity contribution in [2.45, 2.75) is 24.7 Å². The molecule has 1 aliphatic rings. The fourth-order valence-corrected chi connectivity index (χ4v) is 2.42. The number of nitrogens with zero attached hydrogens (tertiary/aromatic N) is 1. The van der Waals surface area contributed by atoms with E-state index in [1.165, 1.54) is 17.0 Å². The maximum absolute atomic E-state index is 4.42. The van der Waals surface area contributed by atoms with Crippen molar-refractivity contribution in [2.24, 2.45) is 5.92 Å². The maximum Gasteiger partial charge on any atom is 0.0555 e. The van der Waals surface area contributed by atoms with Crippen LogP contribution in [0.3, 0.4) is 0 Å². The van der Waals surface area contributed by atoms with Crippen molar-refractivity contribution >= 4 is 11.9 Å². The van der Waals surface area contributed by atoms with Crippen molar-refractivity contribution in [3.05, 3.63) is 24.0 Å². The molecule has 0 spiro atoms. The number of hydrogen-bond acceptors (Lipinski definition) is 3. The van der Waals surface area contributed by atoms with Gasteiger partial charge in [0, 0.05) is 17.6 Å². The van der Waals surface area contributed by atoms with E-state index < -0.39 is 0 Å². The number of nitrogens with one attached hydrogen (secondary N) is 1. The minimum Gasteiger partial charge on any atom is -0.260 e. The zero-order valence-electron chi connectivity index (χ0n) is 7.79. The molecule has 0 fully saturated rings. The summed E-state index contributed by atoms with van der Waals surface area (Å²) in [6.07, 6.45) is 4.23. The molecule has 1 N–H and O–H groups in total. The number of aromatic nitrogens is 1. The Balaban J connectivity index is 2.23. The van der Waals surface area contributed by atoms with Crippen LogP contribution >= 0.6 is 11.9 Å². The summed E-state index contributed by atoms with van der Waals surface area (Å²) in [5.41, 5.74) is 1.25. The molecular weight excluding hydrogens is 180 g/mol. The van der Waals surface area contributed by atoms with Crippen LogP contribution in [0.15, 0.2) is 23.2 Å². The first-order chi connectivity index (χ1) is 6.40. The number of hydrogen-bond donors (Lipinski definition) is 1. The summed E-state index contributed by atoms with van der Waals surface area (Å²) in [4.78, 5) is 5.71. The summed E-state index contributed by atoms with van der Waals surface area (Å²) in [7, 11) is 0. The lowest BCUT2D eigenvalue weighted by molar-refractivity contribution is 0.502. The average molecular weight is 194 g/mol. The van der Waals surface area contributed by atoms with Crippen LogP contribution in [-0.4, -0.2) is 11.5 Å². The standard InChI is InChI=1S/C10H14N2S/c1-2-8-6-9-10(13-12-7-8)4-3-5-11-9/h3-5,8,12H,2,6-7H2,1H3/t8-/m0/s1. The van der Waals surface area contributed by atoms with Gasteiger partial charge in [0.2, 0.25) is 0 Å². The van der Waals surface area contributed by atoms with E-state index in [4.69, 9.17) is 0 Å². The first-order valence-corrected chi connectivity index (χ1v) is 5.55. The molecule has 1 atom stereocenters. The Morgan fingerprint density at radius 2 is 2.62 bits per heavy atom. The molecule has 0 aliphatic carbocycles. The summed E-state index contributed by atoms with van der Waals surface area (Å²) >= 11 is 1.72. The van der Waals surface area contributed by atoms with Gasteiger partial charge in [0.15, 0.2) is 0 Å². The fourth-order valence-electron chi connectivity index (χ4n) is 1.54. The van der Waals surface area contributed by atoms with E-state index in [-0.39, 0.29) is 0 Å². The number of rotatable bonds is 1. The van der Waals surface area contributed by atoms with Crippen molar-refractivity contribution < 1.29 is 0 Å². The lowest BCUT2D eigenvalue weighted by Crippen LogP contribution is -2.15. The summed E-state index contributed by atoms with van der Waals surface area (Å²) < 4.78 is 3.38. The molecule has 0 amide bonds. The van der Waals surface area contributed by atoms with Crippen LogP contribution in [0.2, 0.25) is 0 Å². The van der Waals surface area contributed by atoms with Crippen LogP contribution in [-0.2, 0) is 6.42 Å². The molecule has 1 aliphatic heterocycles. The molecule has 13 heavy (non-hydrogen) atoms. The van der Waals surface area contributed by atoms with Gasteiger partial charge in [-0.3, -0.25) is 9.71 Å². The van der Waals surface area contributed by atoms with Crippen molar-refractivity contribution in [3.8, 4) is 0 Å². The summed E-state index contributed by atoms with van der Waals surface area (Å²) in [6.45, 7) is 3.34. The molecule has 70 valence electrons. The quantitative estimate of drug-likeness (QED) is 0.694. The van der Waals surface area contributed by atoms with Gasteiger partial charge in [-0.1, -0.05) is 13.3 Å². The second kappa shape index (κ2) is 4.11. The lowest BCUT2D eigenvalue weighted by Gasteiger charge is -2.09. The molecule has 0 bridgehead atoms. The topological polar surface area (TPSA) is 24.9 Å². The molecule has 0 radical (unpaired) electrons. The maximum atomic E-state index is 4.42. The van der Waals surface area contributed by atoms with Crippen LogP contribution in [0.1, 0.15) is 19.0 Å². The molecule has 1 aromatic heterocycles. The largest absolute Gasteiger partial charge is 0.260 e. The zero-order valence-corrected chi connectivity index (χ0v) is 8.60. The van der Waals surface area contributed by atoms with Crippen molar-refractivity contribution in [3.63, 3.8) is 0 Å². The van der Waals surface area contributed by atoms with Crippen LogP contribution in [0, 0.1) is 5.92 Å². The predicted octanol–water partition coefficient (Wildman–Crippen LogP) is 2.26. The minimum absolute atomic E-state index is 0.739. The van der Waals surface area contributed by atoms with Crippen LogP contribution in [0.25, 0.3) is 0 Å². The third kappa shape index (κ3) is 2.03. The molecule has 0 saturated carbocycles. The van der Waals surface area contributed by atoms with Crippen LogP contribution < -0.4 is 4.72 Å². The third-order valence-electron chi connectivity index (χ3n) is 2.46.